The van der Waals surface area contributed by atoms with Crippen LogP contribution in [0.3, 0.4) is 0 Å². The zero-order valence-electron chi connectivity index (χ0n) is 7.65. The van der Waals surface area contributed by atoms with E-state index in [2.05, 4.69) is 39.6 Å². The minimum atomic E-state index is 0.922. The molecular weight excluding hydrogens is 151 g/mol. The van der Waals surface area contributed by atoms with Crippen molar-refractivity contribution >= 4 is 13.9 Å². The first kappa shape index (κ1) is 8.74. The van der Waals surface area contributed by atoms with Gasteiger partial charge in [0.1, 0.15) is 0 Å². The van der Waals surface area contributed by atoms with Gasteiger partial charge in [0, 0.05) is 0 Å². The lowest BCUT2D eigenvalue weighted by molar-refractivity contribution is 1.29. The van der Waals surface area contributed by atoms with Crippen LogP contribution in [0.25, 0.3) is 0 Å². The lowest BCUT2D eigenvalue weighted by Gasteiger charge is -2.08. The first-order chi connectivity index (χ1) is 5.16. The van der Waals surface area contributed by atoms with E-state index in [4.69, 9.17) is 0 Å². The first-order valence-electron chi connectivity index (χ1n) is 3.91. The average molecular weight is 166 g/mol. The van der Waals surface area contributed by atoms with Crippen LogP contribution in [0, 0.1) is 20.8 Å². The molecule has 60 valence electrons. The molecule has 0 saturated carbocycles. The number of hydrogen-bond donors (Lipinski definition) is 0. The monoisotopic (exact) mass is 166 g/mol. The number of hydrogen-bond acceptors (Lipinski definition) is 0. The van der Waals surface area contributed by atoms with Crippen molar-refractivity contribution in [1.29, 1.82) is 0 Å². The summed E-state index contributed by atoms with van der Waals surface area (Å²) in [6.07, 6.45) is 0. The SMILES string of the molecule is CPc1ccc(C)c(C)c1C. The van der Waals surface area contributed by atoms with Gasteiger partial charge in [-0.3, -0.25) is 0 Å². The summed E-state index contributed by atoms with van der Waals surface area (Å²) in [5, 5.41) is 1.51. The molecule has 0 saturated heterocycles. The van der Waals surface area contributed by atoms with Gasteiger partial charge in [-0.05, 0) is 49.4 Å². The molecule has 1 heteroatoms. The molecule has 11 heavy (non-hydrogen) atoms. The van der Waals surface area contributed by atoms with Crippen molar-refractivity contribution in [2.45, 2.75) is 20.8 Å². The largest absolute Gasteiger partial charge is 0.0933 e. The van der Waals surface area contributed by atoms with E-state index in [0.29, 0.717) is 0 Å². The van der Waals surface area contributed by atoms with Crippen molar-refractivity contribution in [3.63, 3.8) is 0 Å². The first-order valence-corrected chi connectivity index (χ1v) is 5.41. The Morgan fingerprint density at radius 1 is 1.00 bits per heavy atom. The van der Waals surface area contributed by atoms with Crippen molar-refractivity contribution in [1.82, 2.24) is 0 Å². The summed E-state index contributed by atoms with van der Waals surface area (Å²) < 4.78 is 0. The summed E-state index contributed by atoms with van der Waals surface area (Å²) in [4.78, 5) is 0. The van der Waals surface area contributed by atoms with E-state index in [-0.39, 0.29) is 0 Å². The van der Waals surface area contributed by atoms with Crippen molar-refractivity contribution in [2.75, 3.05) is 6.66 Å². The Balaban J connectivity index is 3.25. The second-order valence-corrected chi connectivity index (χ2v) is 3.97. The van der Waals surface area contributed by atoms with E-state index >= 15 is 0 Å². The number of benzene rings is 1. The van der Waals surface area contributed by atoms with Gasteiger partial charge in [0.25, 0.3) is 0 Å². The molecule has 0 aliphatic heterocycles. The van der Waals surface area contributed by atoms with E-state index in [1.165, 1.54) is 22.0 Å². The van der Waals surface area contributed by atoms with Gasteiger partial charge in [-0.2, -0.15) is 0 Å². The molecule has 1 unspecified atom stereocenters. The minimum absolute atomic E-state index is 0.922. The van der Waals surface area contributed by atoms with Crippen LogP contribution in [0.2, 0.25) is 0 Å². The van der Waals surface area contributed by atoms with E-state index in [1.54, 1.807) is 0 Å². The topological polar surface area (TPSA) is 0 Å². The fourth-order valence-electron chi connectivity index (χ4n) is 1.23. The Morgan fingerprint density at radius 2 is 1.64 bits per heavy atom. The third-order valence-electron chi connectivity index (χ3n) is 2.33. The highest BCUT2D eigenvalue weighted by atomic mass is 31.1. The summed E-state index contributed by atoms with van der Waals surface area (Å²) in [6.45, 7) is 8.82. The molecule has 0 aliphatic rings. The molecule has 1 aromatic rings. The van der Waals surface area contributed by atoms with E-state index in [9.17, 15) is 0 Å². The third-order valence-corrected chi connectivity index (χ3v) is 3.41. The lowest BCUT2D eigenvalue weighted by atomic mass is 10.1. The Bertz CT molecular complexity index is 264. The molecule has 0 heterocycles. The maximum Gasteiger partial charge on any atom is -0.0242 e. The van der Waals surface area contributed by atoms with Gasteiger partial charge < -0.3 is 0 Å². The van der Waals surface area contributed by atoms with Crippen molar-refractivity contribution in [3.05, 3.63) is 28.8 Å². The molecule has 0 nitrogen and oxygen atoms in total. The Labute approximate surface area is 70.8 Å². The molecule has 1 atom stereocenters. The van der Waals surface area contributed by atoms with Crippen molar-refractivity contribution in [3.8, 4) is 0 Å². The van der Waals surface area contributed by atoms with Gasteiger partial charge in [0.05, 0.1) is 0 Å². The van der Waals surface area contributed by atoms with E-state index in [1.807, 2.05) is 0 Å². The summed E-state index contributed by atoms with van der Waals surface area (Å²) in [5.41, 5.74) is 4.34. The van der Waals surface area contributed by atoms with E-state index in [0.717, 1.165) is 8.58 Å². The van der Waals surface area contributed by atoms with Gasteiger partial charge in [0.15, 0.2) is 0 Å². The van der Waals surface area contributed by atoms with Crippen molar-refractivity contribution < 1.29 is 0 Å². The van der Waals surface area contributed by atoms with Crippen LogP contribution in [0.4, 0.5) is 0 Å². The maximum absolute atomic E-state index is 2.25. The van der Waals surface area contributed by atoms with Crippen LogP contribution < -0.4 is 5.30 Å². The molecule has 0 N–H and O–H groups in total. The molecular formula is C10H15P. The standard InChI is InChI=1S/C10H15P/c1-7-5-6-10(11-4)9(3)8(7)2/h5-6,11H,1-4H3. The predicted molar refractivity (Wildman–Crippen MR) is 54.5 cm³/mol. The van der Waals surface area contributed by atoms with Crippen LogP contribution >= 0.6 is 8.58 Å². The zero-order chi connectivity index (χ0) is 8.43. The molecule has 0 spiro atoms. The average Bonchev–Trinajstić information content (AvgIpc) is 2.01. The van der Waals surface area contributed by atoms with Gasteiger partial charge >= 0.3 is 0 Å². The summed E-state index contributed by atoms with van der Waals surface area (Å²) in [7, 11) is 0.922. The third kappa shape index (κ3) is 1.62. The number of rotatable bonds is 1. The molecule has 0 amide bonds. The predicted octanol–water partition coefficient (Wildman–Crippen LogP) is 2.55. The fourth-order valence-corrected chi connectivity index (χ4v) is 2.04. The smallest absolute Gasteiger partial charge is 0.0242 e. The lowest BCUT2D eigenvalue weighted by Crippen LogP contribution is -2.02. The highest BCUT2D eigenvalue weighted by molar-refractivity contribution is 7.46. The van der Waals surface area contributed by atoms with Gasteiger partial charge in [-0.25, -0.2) is 0 Å². The van der Waals surface area contributed by atoms with Crippen LogP contribution in [-0.2, 0) is 0 Å². The molecule has 0 aliphatic carbocycles. The highest BCUT2D eigenvalue weighted by Gasteiger charge is 2.00. The molecule has 0 fully saturated rings. The van der Waals surface area contributed by atoms with Gasteiger partial charge in [-0.15, -0.1) is 0 Å². The maximum atomic E-state index is 2.25. The minimum Gasteiger partial charge on any atom is -0.0933 e. The van der Waals surface area contributed by atoms with Crippen molar-refractivity contribution in [2.24, 2.45) is 0 Å². The molecule has 1 rings (SSSR count). The Kier molecular flexibility index (Phi) is 2.67. The van der Waals surface area contributed by atoms with Gasteiger partial charge in [-0.1, -0.05) is 20.7 Å². The van der Waals surface area contributed by atoms with Gasteiger partial charge in [0.2, 0.25) is 0 Å². The molecule has 1 aromatic carbocycles. The second kappa shape index (κ2) is 3.36. The summed E-state index contributed by atoms with van der Waals surface area (Å²) >= 11 is 0. The quantitative estimate of drug-likeness (QED) is 0.562. The molecule has 0 radical (unpaired) electrons. The normalized spacial score (nSPS) is 11.3. The van der Waals surface area contributed by atoms with Crippen LogP contribution in [0.1, 0.15) is 16.7 Å². The van der Waals surface area contributed by atoms with E-state index < -0.39 is 0 Å². The van der Waals surface area contributed by atoms with Crippen LogP contribution in [0.5, 0.6) is 0 Å². The van der Waals surface area contributed by atoms with Crippen LogP contribution in [0.15, 0.2) is 12.1 Å². The number of aryl methyl sites for hydroxylation is 1. The summed E-state index contributed by atoms with van der Waals surface area (Å²) in [6, 6.07) is 4.46. The Hall–Kier alpha value is -0.350. The summed E-state index contributed by atoms with van der Waals surface area (Å²) in [5.74, 6) is 0. The highest BCUT2D eigenvalue weighted by Crippen LogP contribution is 2.15. The Morgan fingerprint density at radius 3 is 2.18 bits per heavy atom. The zero-order valence-corrected chi connectivity index (χ0v) is 8.65. The van der Waals surface area contributed by atoms with Crippen LogP contribution in [-0.4, -0.2) is 6.66 Å². The molecule has 0 aromatic heterocycles. The second-order valence-electron chi connectivity index (χ2n) is 2.93. The molecule has 0 bridgehead atoms. The fraction of sp³-hybridized carbons (Fsp3) is 0.400.